The molecule has 0 aliphatic carbocycles. The van der Waals surface area contributed by atoms with Gasteiger partial charge in [-0.05, 0) is 28.3 Å². The van der Waals surface area contributed by atoms with Crippen molar-refractivity contribution in [1.29, 1.82) is 0 Å². The molecule has 0 saturated carbocycles. The van der Waals surface area contributed by atoms with Crippen LogP contribution in [0.25, 0.3) is 5.57 Å². The predicted octanol–water partition coefficient (Wildman–Crippen LogP) is 6.30. The van der Waals surface area contributed by atoms with Gasteiger partial charge in [-0.15, -0.1) is 6.42 Å². The topological polar surface area (TPSA) is 0 Å². The summed E-state index contributed by atoms with van der Waals surface area (Å²) in [6, 6.07) is 28.8. The lowest BCUT2D eigenvalue weighted by atomic mass is 9.91. The van der Waals surface area contributed by atoms with Gasteiger partial charge in [0.2, 0.25) is 0 Å². The van der Waals surface area contributed by atoms with Gasteiger partial charge in [-0.25, -0.2) is 0 Å². The molecule has 0 radical (unpaired) electrons. The number of benzene rings is 3. The van der Waals surface area contributed by atoms with Crippen molar-refractivity contribution in [1.82, 2.24) is 0 Å². The summed E-state index contributed by atoms with van der Waals surface area (Å²) in [6.07, 6.45) is 8.03. The molecule has 1 atom stereocenters. The highest BCUT2D eigenvalue weighted by atomic mass is 79.9. The molecule has 0 heterocycles. The Morgan fingerprint density at radius 3 is 1.79 bits per heavy atom. The first-order valence-corrected chi connectivity index (χ1v) is 8.62. The normalized spacial score (nSPS) is 11.3. The van der Waals surface area contributed by atoms with Crippen LogP contribution >= 0.6 is 15.9 Å². The van der Waals surface area contributed by atoms with Crippen molar-refractivity contribution >= 4 is 21.5 Å². The largest absolute Gasteiger partial charge is 0.119 e. The second kappa shape index (κ2) is 7.81. The van der Waals surface area contributed by atoms with E-state index in [2.05, 4.69) is 82.5 Å². The van der Waals surface area contributed by atoms with Crippen LogP contribution in [-0.2, 0) is 0 Å². The van der Waals surface area contributed by atoms with E-state index in [0.29, 0.717) is 0 Å². The van der Waals surface area contributed by atoms with Crippen LogP contribution in [0.4, 0.5) is 0 Å². The quantitative estimate of drug-likeness (QED) is 0.471. The molecule has 116 valence electrons. The zero-order valence-electron chi connectivity index (χ0n) is 13.2. The highest BCUT2D eigenvalue weighted by Crippen LogP contribution is 2.31. The smallest absolute Gasteiger partial charge is 0.0650 e. The number of rotatable bonds is 4. The van der Waals surface area contributed by atoms with Crippen LogP contribution in [0.15, 0.2) is 95.5 Å². The fraction of sp³-hybridized carbons (Fsp3) is 0.0435. The van der Waals surface area contributed by atoms with Gasteiger partial charge in [-0.1, -0.05) is 107 Å². The number of hydrogen-bond acceptors (Lipinski definition) is 0. The molecule has 0 aromatic heterocycles. The van der Waals surface area contributed by atoms with E-state index in [1.54, 1.807) is 0 Å². The van der Waals surface area contributed by atoms with Crippen LogP contribution in [0.2, 0.25) is 0 Å². The Labute approximate surface area is 152 Å². The summed E-state index contributed by atoms with van der Waals surface area (Å²) in [5.41, 5.74) is 4.58. The summed E-state index contributed by atoms with van der Waals surface area (Å²) in [5.74, 6) is 2.82. The van der Waals surface area contributed by atoms with E-state index >= 15 is 0 Å². The van der Waals surface area contributed by atoms with Crippen molar-refractivity contribution in [3.8, 4) is 12.3 Å². The lowest BCUT2D eigenvalue weighted by molar-refractivity contribution is 1.11. The van der Waals surface area contributed by atoms with E-state index in [1.165, 1.54) is 0 Å². The zero-order valence-corrected chi connectivity index (χ0v) is 14.8. The van der Waals surface area contributed by atoms with E-state index in [-0.39, 0.29) is 5.92 Å². The van der Waals surface area contributed by atoms with Crippen molar-refractivity contribution in [2.75, 3.05) is 0 Å². The molecule has 0 nitrogen and oxygen atoms in total. The van der Waals surface area contributed by atoms with Gasteiger partial charge < -0.3 is 0 Å². The Kier molecular flexibility index (Phi) is 5.31. The van der Waals surface area contributed by atoms with E-state index < -0.39 is 0 Å². The van der Waals surface area contributed by atoms with Crippen LogP contribution < -0.4 is 0 Å². The highest BCUT2D eigenvalue weighted by Gasteiger charge is 2.12. The maximum absolute atomic E-state index is 5.86. The molecule has 0 aliphatic heterocycles. The third-order valence-corrected chi connectivity index (χ3v) is 4.64. The summed E-state index contributed by atoms with van der Waals surface area (Å²) < 4.78 is 1.03. The first-order valence-electron chi connectivity index (χ1n) is 7.83. The van der Waals surface area contributed by atoms with E-state index in [1.807, 2.05) is 30.3 Å². The van der Waals surface area contributed by atoms with Gasteiger partial charge in [-0.3, -0.25) is 0 Å². The van der Waals surface area contributed by atoms with Crippen LogP contribution in [0.5, 0.6) is 0 Å². The average Bonchev–Trinajstić information content (AvgIpc) is 2.65. The zero-order chi connectivity index (χ0) is 16.8. The second-order valence-corrected chi connectivity index (χ2v) is 6.33. The van der Waals surface area contributed by atoms with Crippen molar-refractivity contribution in [3.05, 3.63) is 112 Å². The lowest BCUT2D eigenvalue weighted by Crippen LogP contribution is -1.97. The maximum Gasteiger partial charge on any atom is 0.0650 e. The molecule has 0 amide bonds. The van der Waals surface area contributed by atoms with Crippen LogP contribution in [0.1, 0.15) is 22.6 Å². The fourth-order valence-electron chi connectivity index (χ4n) is 2.72. The van der Waals surface area contributed by atoms with Gasteiger partial charge in [0.15, 0.2) is 0 Å². The Hall–Kier alpha value is -2.56. The summed E-state index contributed by atoms with van der Waals surface area (Å²) in [5, 5.41) is 0. The summed E-state index contributed by atoms with van der Waals surface area (Å²) in [4.78, 5) is 0. The van der Waals surface area contributed by atoms with Crippen molar-refractivity contribution < 1.29 is 0 Å². The number of hydrogen-bond donors (Lipinski definition) is 0. The van der Waals surface area contributed by atoms with Gasteiger partial charge in [0, 0.05) is 4.47 Å². The Bertz CT molecular complexity index is 829. The first-order chi connectivity index (χ1) is 11.8. The number of halogens is 1. The van der Waals surface area contributed by atoms with Gasteiger partial charge in [0.1, 0.15) is 0 Å². The average molecular weight is 373 g/mol. The summed E-state index contributed by atoms with van der Waals surface area (Å²) >= 11 is 3.62. The molecule has 0 aliphatic rings. The molecule has 0 spiro atoms. The van der Waals surface area contributed by atoms with Gasteiger partial charge in [0.05, 0.1) is 5.92 Å². The standard InChI is InChI=1S/C23H17Br/c1-2-18(21-15-9-10-16-23(21)24)17-22(19-11-5-3-6-12-19)20-13-7-4-8-14-20/h1,3-18H. The Morgan fingerprint density at radius 1 is 0.792 bits per heavy atom. The number of allylic oxidation sites excluding steroid dienone is 1. The van der Waals surface area contributed by atoms with E-state index in [0.717, 1.165) is 26.7 Å². The van der Waals surface area contributed by atoms with Gasteiger partial charge >= 0.3 is 0 Å². The maximum atomic E-state index is 5.86. The lowest BCUT2D eigenvalue weighted by Gasteiger charge is -2.14. The predicted molar refractivity (Wildman–Crippen MR) is 106 cm³/mol. The molecule has 1 heteroatoms. The fourth-order valence-corrected chi connectivity index (χ4v) is 3.25. The minimum Gasteiger partial charge on any atom is -0.119 e. The molecular weight excluding hydrogens is 356 g/mol. The monoisotopic (exact) mass is 372 g/mol. The second-order valence-electron chi connectivity index (χ2n) is 5.48. The van der Waals surface area contributed by atoms with E-state index in [9.17, 15) is 0 Å². The molecule has 3 aromatic rings. The van der Waals surface area contributed by atoms with Gasteiger partial charge in [-0.2, -0.15) is 0 Å². The number of terminal acetylenes is 1. The Morgan fingerprint density at radius 2 is 1.29 bits per heavy atom. The third kappa shape index (κ3) is 3.67. The SMILES string of the molecule is C#CC(C=C(c1ccccc1)c1ccccc1)c1ccccc1Br. The van der Waals surface area contributed by atoms with Crippen molar-refractivity contribution in [2.45, 2.75) is 5.92 Å². The van der Waals surface area contributed by atoms with Crippen LogP contribution in [0.3, 0.4) is 0 Å². The molecule has 0 N–H and O–H groups in total. The van der Waals surface area contributed by atoms with Crippen molar-refractivity contribution in [3.63, 3.8) is 0 Å². The summed E-state index contributed by atoms with van der Waals surface area (Å²) in [6.45, 7) is 0. The highest BCUT2D eigenvalue weighted by molar-refractivity contribution is 9.10. The molecule has 3 aromatic carbocycles. The molecule has 1 unspecified atom stereocenters. The van der Waals surface area contributed by atoms with Crippen molar-refractivity contribution in [2.24, 2.45) is 0 Å². The van der Waals surface area contributed by atoms with Crippen LogP contribution in [0, 0.1) is 12.3 Å². The summed E-state index contributed by atoms with van der Waals surface area (Å²) in [7, 11) is 0. The first kappa shape index (κ1) is 16.3. The van der Waals surface area contributed by atoms with Crippen LogP contribution in [-0.4, -0.2) is 0 Å². The molecule has 0 saturated heterocycles. The van der Waals surface area contributed by atoms with Gasteiger partial charge in [0.25, 0.3) is 0 Å². The molecular formula is C23H17Br. The molecule has 0 bridgehead atoms. The molecule has 0 fully saturated rings. The third-order valence-electron chi connectivity index (χ3n) is 3.92. The molecule has 3 rings (SSSR count). The minimum atomic E-state index is -0.101. The van der Waals surface area contributed by atoms with E-state index in [4.69, 9.17) is 6.42 Å². The minimum absolute atomic E-state index is 0.101. The molecule has 24 heavy (non-hydrogen) atoms. The Balaban J connectivity index is 2.13.